The van der Waals surface area contributed by atoms with Gasteiger partial charge in [-0.15, -0.1) is 11.3 Å². The van der Waals surface area contributed by atoms with Crippen LogP contribution in [0.5, 0.6) is 0 Å². The predicted molar refractivity (Wildman–Crippen MR) is 126 cm³/mol. The van der Waals surface area contributed by atoms with Gasteiger partial charge in [0, 0.05) is 23.7 Å². The van der Waals surface area contributed by atoms with E-state index in [0.717, 1.165) is 27.8 Å². The van der Waals surface area contributed by atoms with Gasteiger partial charge in [0.05, 0.1) is 29.1 Å². The van der Waals surface area contributed by atoms with Gasteiger partial charge in [0.25, 0.3) is 0 Å². The topological polar surface area (TPSA) is 92.9 Å². The number of guanidine groups is 1. The second-order valence-corrected chi connectivity index (χ2v) is 9.87. The fourth-order valence-corrected chi connectivity index (χ4v) is 5.19. The van der Waals surface area contributed by atoms with Gasteiger partial charge in [0.1, 0.15) is 5.82 Å². The van der Waals surface area contributed by atoms with Crippen LogP contribution in [0.1, 0.15) is 42.7 Å². The lowest BCUT2D eigenvalue weighted by molar-refractivity contribution is -0.131. The maximum absolute atomic E-state index is 13.7. The van der Waals surface area contributed by atoms with Crippen LogP contribution in [0.4, 0.5) is 4.39 Å². The van der Waals surface area contributed by atoms with Crippen molar-refractivity contribution >= 4 is 23.2 Å². The molecule has 33 heavy (non-hydrogen) atoms. The minimum atomic E-state index is -0.892. The summed E-state index contributed by atoms with van der Waals surface area (Å²) in [6, 6.07) is 13.2. The Bertz CT molecular complexity index is 1280. The molecule has 1 amide bonds. The van der Waals surface area contributed by atoms with Crippen molar-refractivity contribution in [1.29, 1.82) is 10.7 Å². The number of aromatic nitrogens is 1. The maximum Gasteiger partial charge on any atom is 0.239 e. The molecule has 1 fully saturated rings. The summed E-state index contributed by atoms with van der Waals surface area (Å²) >= 11 is 1.45. The fourth-order valence-electron chi connectivity index (χ4n) is 4.12. The first-order valence-electron chi connectivity index (χ1n) is 10.4. The Morgan fingerprint density at radius 2 is 1.94 bits per heavy atom. The number of carbonyl (C=O) groups excluding carboxylic acids is 1. The summed E-state index contributed by atoms with van der Waals surface area (Å²) in [6.07, 6.45) is 2.75. The number of nitrogens with one attached hydrogen (secondary N) is 2. The number of thiophene rings is 1. The van der Waals surface area contributed by atoms with Crippen molar-refractivity contribution < 1.29 is 9.18 Å². The molecule has 2 aromatic heterocycles. The van der Waals surface area contributed by atoms with Gasteiger partial charge >= 0.3 is 0 Å². The molecule has 1 aromatic carbocycles. The minimum absolute atomic E-state index is 0.0170. The van der Waals surface area contributed by atoms with E-state index < -0.39 is 22.7 Å². The summed E-state index contributed by atoms with van der Waals surface area (Å²) in [5.74, 6) is -1.20. The van der Waals surface area contributed by atoms with Crippen molar-refractivity contribution in [3.8, 4) is 17.2 Å². The Hall–Kier alpha value is -3.57. The van der Waals surface area contributed by atoms with Crippen molar-refractivity contribution in [2.45, 2.75) is 37.6 Å². The minimum Gasteiger partial charge on any atom is -0.345 e. The van der Waals surface area contributed by atoms with Gasteiger partial charge in [-0.1, -0.05) is 24.3 Å². The molecule has 0 spiro atoms. The largest absolute Gasteiger partial charge is 0.345 e. The molecular weight excluding hydrogens is 437 g/mol. The molecule has 2 N–H and O–H groups in total. The molecule has 1 aliphatic rings. The van der Waals surface area contributed by atoms with Gasteiger partial charge in [-0.3, -0.25) is 20.1 Å². The number of carbonyl (C=O) groups is 1. The third kappa shape index (κ3) is 3.89. The van der Waals surface area contributed by atoms with E-state index in [-0.39, 0.29) is 11.9 Å². The molecule has 0 aliphatic carbocycles. The molecule has 8 heteroatoms. The quantitative estimate of drug-likeness (QED) is 0.587. The highest BCUT2D eigenvalue weighted by atomic mass is 32.1. The summed E-state index contributed by atoms with van der Waals surface area (Å²) in [7, 11) is 1.58. The van der Waals surface area contributed by atoms with Crippen LogP contribution >= 0.6 is 11.3 Å². The summed E-state index contributed by atoms with van der Waals surface area (Å²) in [5, 5.41) is 22.9. The Balaban J connectivity index is 1.79. The zero-order valence-electron chi connectivity index (χ0n) is 18.8. The normalized spacial score (nSPS) is 21.0. The molecule has 0 bridgehead atoms. The summed E-state index contributed by atoms with van der Waals surface area (Å²) in [5.41, 5.74) is 1.57. The molecule has 3 heterocycles. The Kier molecular flexibility index (Phi) is 5.54. The van der Waals surface area contributed by atoms with Gasteiger partial charge in [-0.05, 0) is 55.0 Å². The standard InChI is InChI=1S/C25H24FN5OS/c1-24(2,14-27)18-7-5-15(6-8-18)21-22(32)31(4)23(28)30-25(21,3)20-10-17(13-33-20)16-9-19(26)12-29-11-16/h5-13,21H,1-4H3,(H2,28,30)/t21-,25-/m1/s1. The number of rotatable bonds is 4. The lowest BCUT2D eigenvalue weighted by atomic mass is 9.76. The van der Waals surface area contributed by atoms with Gasteiger partial charge in [-0.2, -0.15) is 5.26 Å². The molecule has 0 unspecified atom stereocenters. The molecule has 6 nitrogen and oxygen atoms in total. The summed E-state index contributed by atoms with van der Waals surface area (Å²) in [4.78, 5) is 19.5. The Morgan fingerprint density at radius 3 is 2.58 bits per heavy atom. The zero-order valence-corrected chi connectivity index (χ0v) is 19.6. The number of nitriles is 1. The summed E-state index contributed by atoms with van der Waals surface area (Å²) in [6.45, 7) is 5.61. The monoisotopic (exact) mass is 461 g/mol. The van der Waals surface area contributed by atoms with Crippen LogP contribution in [0.2, 0.25) is 0 Å². The van der Waals surface area contributed by atoms with E-state index in [2.05, 4.69) is 16.4 Å². The third-order valence-electron chi connectivity index (χ3n) is 6.26. The van der Waals surface area contributed by atoms with Crippen LogP contribution in [0, 0.1) is 22.6 Å². The number of hydrogen-bond donors (Lipinski definition) is 2. The van der Waals surface area contributed by atoms with Crippen molar-refractivity contribution in [3.63, 3.8) is 0 Å². The second kappa shape index (κ2) is 8.09. The first-order chi connectivity index (χ1) is 15.6. The number of halogens is 1. The maximum atomic E-state index is 13.7. The average Bonchev–Trinajstić information content (AvgIpc) is 3.29. The predicted octanol–water partition coefficient (Wildman–Crippen LogP) is 4.75. The number of pyridine rings is 1. The molecule has 1 saturated heterocycles. The number of benzene rings is 1. The Morgan fingerprint density at radius 1 is 1.24 bits per heavy atom. The van der Waals surface area contributed by atoms with Crippen LogP contribution in [0.3, 0.4) is 0 Å². The first-order valence-corrected chi connectivity index (χ1v) is 11.3. The van der Waals surface area contributed by atoms with Crippen LogP contribution in [-0.2, 0) is 15.7 Å². The first kappa shape index (κ1) is 22.6. The number of nitrogens with zero attached hydrogens (tertiary/aromatic N) is 3. The Labute approximate surface area is 196 Å². The molecule has 4 rings (SSSR count). The summed E-state index contributed by atoms with van der Waals surface area (Å²) < 4.78 is 13.7. The highest BCUT2D eigenvalue weighted by Gasteiger charge is 2.49. The lowest BCUT2D eigenvalue weighted by Crippen LogP contribution is -2.62. The van der Waals surface area contributed by atoms with Crippen molar-refractivity contribution in [2.75, 3.05) is 7.05 Å². The van der Waals surface area contributed by atoms with Gasteiger partial charge in [0.15, 0.2) is 5.96 Å². The fraction of sp³-hybridized carbons (Fsp3) is 0.280. The number of amides is 1. The molecule has 3 aromatic rings. The molecule has 2 atom stereocenters. The van der Waals surface area contributed by atoms with E-state index in [1.165, 1.54) is 22.3 Å². The van der Waals surface area contributed by atoms with Gasteiger partial charge in [0.2, 0.25) is 5.91 Å². The lowest BCUT2D eigenvalue weighted by Gasteiger charge is -2.45. The average molecular weight is 462 g/mol. The van der Waals surface area contributed by atoms with E-state index in [1.807, 2.05) is 56.5 Å². The highest BCUT2D eigenvalue weighted by molar-refractivity contribution is 7.10. The molecule has 168 valence electrons. The van der Waals surface area contributed by atoms with Crippen molar-refractivity contribution in [1.82, 2.24) is 15.2 Å². The van der Waals surface area contributed by atoms with Gasteiger partial charge in [-0.25, -0.2) is 4.39 Å². The zero-order chi connectivity index (χ0) is 24.0. The number of hydrogen-bond acceptors (Lipinski definition) is 5. The molecule has 1 aliphatic heterocycles. The van der Waals surface area contributed by atoms with E-state index in [9.17, 15) is 14.4 Å². The van der Waals surface area contributed by atoms with E-state index in [1.54, 1.807) is 13.2 Å². The van der Waals surface area contributed by atoms with E-state index in [0.29, 0.717) is 5.56 Å². The van der Waals surface area contributed by atoms with E-state index in [4.69, 9.17) is 5.41 Å². The molecule has 0 saturated carbocycles. The van der Waals surface area contributed by atoms with Gasteiger partial charge < -0.3 is 5.32 Å². The van der Waals surface area contributed by atoms with E-state index >= 15 is 0 Å². The van der Waals surface area contributed by atoms with Crippen LogP contribution in [-0.4, -0.2) is 28.8 Å². The van der Waals surface area contributed by atoms with Crippen LogP contribution in [0.15, 0.2) is 54.2 Å². The van der Waals surface area contributed by atoms with Crippen LogP contribution in [0.25, 0.3) is 11.1 Å². The third-order valence-corrected chi connectivity index (χ3v) is 7.43. The number of likely N-dealkylation sites (N-methyl/N-ethyl adjacent to an activating group) is 1. The highest BCUT2D eigenvalue weighted by Crippen LogP contribution is 2.44. The van der Waals surface area contributed by atoms with Crippen molar-refractivity contribution in [3.05, 3.63) is 76.0 Å². The van der Waals surface area contributed by atoms with Crippen LogP contribution < -0.4 is 5.32 Å². The SMILES string of the molecule is CN1C(=N)N[C@](C)(c2cc(-c3cncc(F)c3)cs2)[C@H](c2ccc(C(C)(C)C#N)cc2)C1=O. The smallest absolute Gasteiger partial charge is 0.239 e. The molecule has 0 radical (unpaired) electrons. The second-order valence-electron chi connectivity index (χ2n) is 8.96. The van der Waals surface area contributed by atoms with Crippen molar-refractivity contribution in [2.24, 2.45) is 0 Å². The molecular formula is C25H24FN5OS.